The molecule has 1 saturated heterocycles. The molecule has 2 aliphatic heterocycles. The van der Waals surface area contributed by atoms with Crippen LogP contribution >= 0.6 is 0 Å². The summed E-state index contributed by atoms with van der Waals surface area (Å²) in [5, 5.41) is 5.92. The van der Waals surface area contributed by atoms with Gasteiger partial charge in [0.1, 0.15) is 17.3 Å². The average Bonchev–Trinajstić information content (AvgIpc) is 3.30. The minimum absolute atomic E-state index is 0.0751. The number of hydrogen-bond donors (Lipinski definition) is 2. The lowest BCUT2D eigenvalue weighted by Gasteiger charge is -2.31. The minimum Gasteiger partial charge on any atom is -0.495 e. The highest BCUT2D eigenvalue weighted by atomic mass is 19.1. The van der Waals surface area contributed by atoms with E-state index in [0.717, 1.165) is 64.0 Å². The van der Waals surface area contributed by atoms with Crippen LogP contribution in [0.25, 0.3) is 0 Å². The molecule has 2 aliphatic carbocycles. The summed E-state index contributed by atoms with van der Waals surface area (Å²) < 4.78 is 20.7. The van der Waals surface area contributed by atoms with Gasteiger partial charge in [-0.3, -0.25) is 9.59 Å². The number of hydrogen-bond acceptors (Lipinski definition) is 8. The summed E-state index contributed by atoms with van der Waals surface area (Å²) in [7, 11) is 3.27. The number of likely N-dealkylation sites (tertiary alicyclic amines) is 1. The van der Waals surface area contributed by atoms with Gasteiger partial charge >= 0.3 is 0 Å². The van der Waals surface area contributed by atoms with E-state index in [1.54, 1.807) is 18.1 Å². The summed E-state index contributed by atoms with van der Waals surface area (Å²) in [6, 6.07) is 2.97. The van der Waals surface area contributed by atoms with E-state index in [-0.39, 0.29) is 22.8 Å². The Hall–Kier alpha value is -3.47. The highest BCUT2D eigenvalue weighted by molar-refractivity contribution is 6.03. The van der Waals surface area contributed by atoms with E-state index < -0.39 is 11.7 Å². The molecule has 0 bridgehead atoms. The first kappa shape index (κ1) is 26.7. The molecule has 40 heavy (non-hydrogen) atoms. The monoisotopic (exact) mass is 551 g/mol. The number of carbonyl (C=O) groups excluding carboxylic acids is 2. The number of benzene rings is 1. The lowest BCUT2D eigenvalue weighted by atomic mass is 10.0. The number of fused-ring (bicyclic) bond motifs is 1. The normalized spacial score (nSPS) is 20.5. The first-order valence-electron chi connectivity index (χ1n) is 14.5. The van der Waals surface area contributed by atoms with E-state index in [9.17, 15) is 9.59 Å². The van der Waals surface area contributed by atoms with Gasteiger partial charge in [0.15, 0.2) is 5.82 Å². The van der Waals surface area contributed by atoms with Gasteiger partial charge in [0.05, 0.1) is 30.0 Å². The number of methoxy groups -OCH3 is 1. The van der Waals surface area contributed by atoms with E-state index >= 15 is 4.39 Å². The minimum atomic E-state index is -0.662. The second-order valence-electron chi connectivity index (χ2n) is 11.6. The van der Waals surface area contributed by atoms with E-state index in [0.29, 0.717) is 36.3 Å². The van der Waals surface area contributed by atoms with E-state index in [4.69, 9.17) is 9.72 Å². The fourth-order valence-corrected chi connectivity index (χ4v) is 6.39. The Balaban J connectivity index is 1.24. The highest BCUT2D eigenvalue weighted by Gasteiger charge is 2.55. The summed E-state index contributed by atoms with van der Waals surface area (Å²) in [4.78, 5) is 41.7. The summed E-state index contributed by atoms with van der Waals surface area (Å²) in [5.74, 6) is 0.285. The fraction of sp³-hybridized carbons (Fsp3) is 0.586. The number of anilines is 4. The number of aromatic nitrogens is 2. The van der Waals surface area contributed by atoms with Crippen molar-refractivity contribution in [3.05, 3.63) is 29.7 Å². The molecule has 214 valence electrons. The Labute approximate surface area is 234 Å². The number of amides is 2. The van der Waals surface area contributed by atoms with Gasteiger partial charge < -0.3 is 30.1 Å². The van der Waals surface area contributed by atoms with Crippen LogP contribution < -0.4 is 25.2 Å². The Bertz CT molecular complexity index is 1290. The number of carbonyl (C=O) groups is 2. The predicted molar refractivity (Wildman–Crippen MR) is 151 cm³/mol. The third-order valence-corrected chi connectivity index (χ3v) is 8.93. The van der Waals surface area contributed by atoms with E-state index in [2.05, 4.69) is 25.4 Å². The second kappa shape index (κ2) is 10.8. The Morgan fingerprint density at radius 3 is 2.62 bits per heavy atom. The summed E-state index contributed by atoms with van der Waals surface area (Å²) >= 11 is 0. The molecule has 2 saturated carbocycles. The van der Waals surface area contributed by atoms with Gasteiger partial charge in [0.25, 0.3) is 5.91 Å². The van der Waals surface area contributed by atoms with Crippen LogP contribution in [-0.4, -0.2) is 79.6 Å². The molecular weight excluding hydrogens is 513 g/mol. The fourth-order valence-electron chi connectivity index (χ4n) is 6.39. The smallest absolute Gasteiger partial charge is 0.254 e. The molecular formula is C29H38FN7O3. The van der Waals surface area contributed by atoms with Crippen molar-refractivity contribution in [2.24, 2.45) is 5.41 Å². The maximum absolute atomic E-state index is 15.2. The first-order valence-corrected chi connectivity index (χ1v) is 14.5. The molecule has 3 heterocycles. The highest BCUT2D eigenvalue weighted by Crippen LogP contribution is 2.52. The molecule has 1 aromatic carbocycles. The van der Waals surface area contributed by atoms with E-state index in [1.165, 1.54) is 32.1 Å². The van der Waals surface area contributed by atoms with Gasteiger partial charge in [-0.25, -0.2) is 9.37 Å². The molecule has 0 radical (unpaired) electrons. The van der Waals surface area contributed by atoms with Crippen molar-refractivity contribution in [2.75, 3.05) is 62.0 Å². The van der Waals surface area contributed by atoms with Crippen molar-refractivity contribution < 1.29 is 18.7 Å². The SMILES string of the molecule is COc1cc(C(=O)NCCN2CCCC2)c(F)cc1Nc1ncc2c(n1)N(C1CCCC1)CC1(CC1)C(=O)N2C. The molecule has 11 heteroatoms. The maximum Gasteiger partial charge on any atom is 0.254 e. The van der Waals surface area contributed by atoms with E-state index in [1.807, 2.05) is 0 Å². The van der Waals surface area contributed by atoms with Crippen LogP contribution in [0.5, 0.6) is 5.75 Å². The van der Waals surface area contributed by atoms with Crippen molar-refractivity contribution in [3.8, 4) is 5.75 Å². The molecule has 6 rings (SSSR count). The molecule has 0 unspecified atom stereocenters. The lowest BCUT2D eigenvalue weighted by Crippen LogP contribution is -2.41. The third kappa shape index (κ3) is 5.07. The van der Waals surface area contributed by atoms with Gasteiger partial charge in [-0.1, -0.05) is 12.8 Å². The van der Waals surface area contributed by atoms with Crippen LogP contribution in [0, 0.1) is 11.2 Å². The van der Waals surface area contributed by atoms with Crippen LogP contribution in [0.3, 0.4) is 0 Å². The number of nitrogens with zero attached hydrogens (tertiary/aromatic N) is 5. The topological polar surface area (TPSA) is 103 Å². The Kier molecular flexibility index (Phi) is 7.24. The molecule has 4 aliphatic rings. The lowest BCUT2D eigenvalue weighted by molar-refractivity contribution is -0.122. The average molecular weight is 552 g/mol. The van der Waals surface area contributed by atoms with Crippen LogP contribution in [0.2, 0.25) is 0 Å². The van der Waals surface area contributed by atoms with Crippen molar-refractivity contribution in [2.45, 2.75) is 57.4 Å². The molecule has 1 spiro atoms. The quantitative estimate of drug-likeness (QED) is 0.512. The molecule has 2 N–H and O–H groups in total. The molecule has 0 atom stereocenters. The molecule has 3 fully saturated rings. The number of ether oxygens (including phenoxy) is 1. The van der Waals surface area contributed by atoms with Crippen LogP contribution in [0.1, 0.15) is 61.7 Å². The Morgan fingerprint density at radius 2 is 1.93 bits per heavy atom. The predicted octanol–water partition coefficient (Wildman–Crippen LogP) is 3.70. The summed E-state index contributed by atoms with van der Waals surface area (Å²) in [6.45, 7) is 3.94. The zero-order chi connectivity index (χ0) is 27.9. The maximum atomic E-state index is 15.2. The van der Waals surface area contributed by atoms with Gasteiger partial charge in [-0.05, 0) is 57.7 Å². The summed E-state index contributed by atoms with van der Waals surface area (Å²) in [5.41, 5.74) is 0.583. The van der Waals surface area contributed by atoms with Crippen LogP contribution in [0.15, 0.2) is 18.3 Å². The molecule has 2 aromatic rings. The Morgan fingerprint density at radius 1 is 1.18 bits per heavy atom. The van der Waals surface area contributed by atoms with Crippen molar-refractivity contribution in [3.63, 3.8) is 0 Å². The standard InChI is InChI=1S/C29H38FN7O3/c1-35-23-17-32-28(34-25(23)37(19-7-3-4-8-19)18-29(9-10-29)27(35)39)33-22-16-21(30)20(15-24(22)40-2)26(38)31-11-14-36-12-5-6-13-36/h15-17,19H,3-14,18H2,1-2H3,(H,31,38)(H,32,33,34). The molecule has 1 aromatic heterocycles. The van der Waals surface area contributed by atoms with Crippen molar-refractivity contribution >= 4 is 35.0 Å². The first-order chi connectivity index (χ1) is 19.4. The second-order valence-corrected chi connectivity index (χ2v) is 11.6. The van der Waals surface area contributed by atoms with Crippen LogP contribution in [-0.2, 0) is 4.79 Å². The molecule has 2 amide bonds. The molecule has 10 nitrogen and oxygen atoms in total. The number of rotatable bonds is 8. The zero-order valence-corrected chi connectivity index (χ0v) is 23.3. The van der Waals surface area contributed by atoms with Gasteiger partial charge in [-0.2, -0.15) is 4.98 Å². The van der Waals surface area contributed by atoms with Crippen molar-refractivity contribution in [1.29, 1.82) is 0 Å². The largest absolute Gasteiger partial charge is 0.495 e. The number of nitrogens with one attached hydrogen (secondary N) is 2. The number of halogens is 1. The van der Waals surface area contributed by atoms with Crippen LogP contribution in [0.4, 0.5) is 27.5 Å². The van der Waals surface area contributed by atoms with Gasteiger partial charge in [0, 0.05) is 38.8 Å². The third-order valence-electron chi connectivity index (χ3n) is 8.93. The zero-order valence-electron chi connectivity index (χ0n) is 23.3. The summed E-state index contributed by atoms with van der Waals surface area (Å²) in [6.07, 6.45) is 10.3. The van der Waals surface area contributed by atoms with Gasteiger partial charge in [0.2, 0.25) is 11.9 Å². The van der Waals surface area contributed by atoms with Gasteiger partial charge in [-0.15, -0.1) is 0 Å². The van der Waals surface area contributed by atoms with Crippen molar-refractivity contribution in [1.82, 2.24) is 20.2 Å².